The van der Waals surface area contributed by atoms with Crippen molar-refractivity contribution < 1.29 is 10.2 Å². The molecule has 4 rings (SSSR count). The lowest BCUT2D eigenvalue weighted by atomic mass is 9.44. The Hall–Kier alpha value is -0.120. The fourth-order valence-electron chi connectivity index (χ4n) is 8.07. The van der Waals surface area contributed by atoms with Crippen LogP contribution < -0.4 is 5.32 Å². The van der Waals surface area contributed by atoms with Gasteiger partial charge in [-0.1, -0.05) is 26.7 Å². The standard InChI is InChI=1S/C22H39NO2/c1-20-10-4-3-5-16(20)6-7-17-18(20)8-11-21(2)19(17)9-12-22(21,25)15-23-13-14-24/h16-19,23-25H,3-15H2,1-2H3/t16-,17-,18-,19-,20+,21+,22-/m1/s1. The highest BCUT2D eigenvalue weighted by Gasteiger charge is 2.64. The average molecular weight is 350 g/mol. The van der Waals surface area contributed by atoms with Crippen LogP contribution in [0.1, 0.15) is 78.1 Å². The third-order valence-electron chi connectivity index (χ3n) is 9.61. The Morgan fingerprint density at radius 1 is 0.920 bits per heavy atom. The smallest absolute Gasteiger partial charge is 0.0827 e. The molecule has 0 amide bonds. The Labute approximate surface area is 154 Å². The van der Waals surface area contributed by atoms with Gasteiger partial charge in [-0.15, -0.1) is 0 Å². The molecule has 0 saturated heterocycles. The summed E-state index contributed by atoms with van der Waals surface area (Å²) in [7, 11) is 0. The molecule has 3 nitrogen and oxygen atoms in total. The molecule has 4 fully saturated rings. The maximum atomic E-state index is 11.5. The van der Waals surface area contributed by atoms with Gasteiger partial charge in [0.25, 0.3) is 0 Å². The molecule has 0 radical (unpaired) electrons. The van der Waals surface area contributed by atoms with Crippen molar-refractivity contribution in [2.45, 2.75) is 83.7 Å². The van der Waals surface area contributed by atoms with E-state index in [0.29, 0.717) is 24.4 Å². The molecule has 0 aromatic heterocycles. The summed E-state index contributed by atoms with van der Waals surface area (Å²) in [5, 5.41) is 23.9. The van der Waals surface area contributed by atoms with Crippen molar-refractivity contribution in [3.05, 3.63) is 0 Å². The van der Waals surface area contributed by atoms with Crippen molar-refractivity contribution >= 4 is 0 Å². The van der Waals surface area contributed by atoms with Crippen LogP contribution in [0.25, 0.3) is 0 Å². The Morgan fingerprint density at radius 3 is 2.52 bits per heavy atom. The first-order valence-electron chi connectivity index (χ1n) is 11.0. The minimum atomic E-state index is -0.581. The van der Waals surface area contributed by atoms with Crippen molar-refractivity contribution in [3.8, 4) is 0 Å². The van der Waals surface area contributed by atoms with E-state index in [1.807, 2.05) is 0 Å². The number of nitrogens with one attached hydrogen (secondary N) is 1. The van der Waals surface area contributed by atoms with Crippen LogP contribution in [0.15, 0.2) is 0 Å². The summed E-state index contributed by atoms with van der Waals surface area (Å²) < 4.78 is 0. The molecule has 4 aliphatic rings. The van der Waals surface area contributed by atoms with Crippen molar-refractivity contribution in [1.29, 1.82) is 0 Å². The third-order valence-corrected chi connectivity index (χ3v) is 9.61. The van der Waals surface area contributed by atoms with E-state index in [1.54, 1.807) is 0 Å². The molecule has 4 aliphatic carbocycles. The predicted octanol–water partition coefficient (Wildman–Crippen LogP) is 3.73. The van der Waals surface area contributed by atoms with Crippen molar-refractivity contribution in [2.75, 3.05) is 19.7 Å². The Balaban J connectivity index is 1.55. The van der Waals surface area contributed by atoms with Crippen LogP contribution in [-0.4, -0.2) is 35.5 Å². The monoisotopic (exact) mass is 349 g/mol. The molecule has 0 aliphatic heterocycles. The van der Waals surface area contributed by atoms with Crippen LogP contribution in [0.2, 0.25) is 0 Å². The average Bonchev–Trinajstić information content (AvgIpc) is 2.86. The summed E-state index contributed by atoms with van der Waals surface area (Å²) >= 11 is 0. The van der Waals surface area contributed by atoms with Gasteiger partial charge in [0.1, 0.15) is 0 Å². The van der Waals surface area contributed by atoms with Gasteiger partial charge in [0, 0.05) is 18.5 Å². The summed E-state index contributed by atoms with van der Waals surface area (Å²) in [6.45, 7) is 6.41. The molecule has 0 bridgehead atoms. The van der Waals surface area contributed by atoms with E-state index < -0.39 is 5.60 Å². The van der Waals surface area contributed by atoms with E-state index in [9.17, 15) is 5.11 Å². The molecule has 3 heteroatoms. The molecular weight excluding hydrogens is 310 g/mol. The van der Waals surface area contributed by atoms with Gasteiger partial charge in [-0.25, -0.2) is 0 Å². The lowest BCUT2D eigenvalue weighted by Crippen LogP contribution is -2.58. The molecule has 25 heavy (non-hydrogen) atoms. The molecule has 144 valence electrons. The molecule has 7 atom stereocenters. The molecule has 0 heterocycles. The Morgan fingerprint density at radius 2 is 1.72 bits per heavy atom. The van der Waals surface area contributed by atoms with E-state index >= 15 is 0 Å². The maximum Gasteiger partial charge on any atom is 0.0827 e. The number of hydrogen-bond donors (Lipinski definition) is 3. The van der Waals surface area contributed by atoms with Gasteiger partial charge in [0.05, 0.1) is 12.2 Å². The third kappa shape index (κ3) is 2.63. The number of aliphatic hydroxyl groups is 2. The molecule has 3 N–H and O–H groups in total. The van der Waals surface area contributed by atoms with Gasteiger partial charge in [-0.05, 0) is 80.5 Å². The fraction of sp³-hybridized carbons (Fsp3) is 1.00. The summed E-state index contributed by atoms with van der Waals surface area (Å²) in [5.74, 6) is 3.41. The maximum absolute atomic E-state index is 11.5. The second-order valence-electron chi connectivity index (χ2n) is 10.3. The van der Waals surface area contributed by atoms with E-state index in [1.165, 1.54) is 57.8 Å². The van der Waals surface area contributed by atoms with E-state index in [4.69, 9.17) is 5.11 Å². The summed E-state index contributed by atoms with van der Waals surface area (Å²) in [4.78, 5) is 0. The minimum absolute atomic E-state index is 0.0640. The van der Waals surface area contributed by atoms with E-state index in [2.05, 4.69) is 19.2 Å². The number of aliphatic hydroxyl groups excluding tert-OH is 1. The second-order valence-corrected chi connectivity index (χ2v) is 10.3. The zero-order valence-corrected chi connectivity index (χ0v) is 16.4. The van der Waals surface area contributed by atoms with Gasteiger partial charge in [-0.2, -0.15) is 0 Å². The topological polar surface area (TPSA) is 52.5 Å². The van der Waals surface area contributed by atoms with Crippen LogP contribution >= 0.6 is 0 Å². The Kier molecular flexibility index (Phi) is 4.74. The van der Waals surface area contributed by atoms with Gasteiger partial charge < -0.3 is 15.5 Å². The van der Waals surface area contributed by atoms with Crippen LogP contribution in [-0.2, 0) is 0 Å². The van der Waals surface area contributed by atoms with E-state index in [-0.39, 0.29) is 12.0 Å². The SMILES string of the molecule is C[C@]12CCCC[C@@H]1CC[C@@H]1[C@H]2CC[C@@]2(C)[C@@H]1CC[C@@]2(O)CNCCO. The van der Waals surface area contributed by atoms with E-state index in [0.717, 1.165) is 24.2 Å². The van der Waals surface area contributed by atoms with Crippen LogP contribution in [0.5, 0.6) is 0 Å². The quantitative estimate of drug-likeness (QED) is 0.678. The van der Waals surface area contributed by atoms with Gasteiger partial charge >= 0.3 is 0 Å². The van der Waals surface area contributed by atoms with Gasteiger partial charge in [-0.3, -0.25) is 0 Å². The predicted molar refractivity (Wildman–Crippen MR) is 101 cm³/mol. The first kappa shape index (κ1) is 18.3. The summed E-state index contributed by atoms with van der Waals surface area (Å²) in [5.41, 5.74) is 0.0644. The zero-order valence-electron chi connectivity index (χ0n) is 16.4. The molecule has 0 spiro atoms. The van der Waals surface area contributed by atoms with Crippen LogP contribution in [0, 0.1) is 34.5 Å². The lowest BCUT2D eigenvalue weighted by molar-refractivity contribution is -0.150. The van der Waals surface area contributed by atoms with Crippen LogP contribution in [0.4, 0.5) is 0 Å². The molecular formula is C22H39NO2. The van der Waals surface area contributed by atoms with Crippen LogP contribution in [0.3, 0.4) is 0 Å². The van der Waals surface area contributed by atoms with Crippen molar-refractivity contribution in [1.82, 2.24) is 5.32 Å². The second kappa shape index (κ2) is 6.49. The van der Waals surface area contributed by atoms with Crippen molar-refractivity contribution in [2.24, 2.45) is 34.5 Å². The molecule has 4 saturated carbocycles. The highest BCUT2D eigenvalue weighted by atomic mass is 16.3. The highest BCUT2D eigenvalue weighted by molar-refractivity contribution is 5.14. The first-order valence-corrected chi connectivity index (χ1v) is 11.0. The van der Waals surface area contributed by atoms with Gasteiger partial charge in [0.15, 0.2) is 0 Å². The van der Waals surface area contributed by atoms with Crippen molar-refractivity contribution in [3.63, 3.8) is 0 Å². The zero-order chi connectivity index (χ0) is 17.7. The number of hydrogen-bond acceptors (Lipinski definition) is 3. The Bertz CT molecular complexity index is 496. The summed E-state index contributed by atoms with van der Waals surface area (Å²) in [6.07, 6.45) is 13.3. The fourth-order valence-corrected chi connectivity index (χ4v) is 8.07. The molecule has 0 aromatic carbocycles. The van der Waals surface area contributed by atoms with Gasteiger partial charge in [0.2, 0.25) is 0 Å². The molecule has 0 unspecified atom stereocenters. The summed E-state index contributed by atoms with van der Waals surface area (Å²) in [6, 6.07) is 0. The highest BCUT2D eigenvalue weighted by Crippen LogP contribution is 2.68. The number of rotatable bonds is 4. The number of fused-ring (bicyclic) bond motifs is 5. The lowest BCUT2D eigenvalue weighted by Gasteiger charge is -2.61. The molecule has 0 aromatic rings. The first-order chi connectivity index (χ1) is 11.9. The largest absolute Gasteiger partial charge is 0.395 e. The normalized spacial score (nSPS) is 52.3. The minimum Gasteiger partial charge on any atom is -0.395 e.